The molecule has 0 atom stereocenters. The van der Waals surface area contributed by atoms with Gasteiger partial charge in [0.2, 0.25) is 5.91 Å². The molecule has 1 aromatic rings. The lowest BCUT2D eigenvalue weighted by Crippen LogP contribution is -2.36. The van der Waals surface area contributed by atoms with Crippen molar-refractivity contribution in [2.75, 3.05) is 18.5 Å². The van der Waals surface area contributed by atoms with E-state index in [-0.39, 0.29) is 12.5 Å². The second-order valence-corrected chi connectivity index (χ2v) is 4.21. The molecule has 0 unspecified atom stereocenters. The summed E-state index contributed by atoms with van der Waals surface area (Å²) in [7, 11) is 1.79. The SMILES string of the molecule is CN(CC(=O)NC1CC1)c1cc(C#N)ccn1. The van der Waals surface area contributed by atoms with Crippen LogP contribution < -0.4 is 10.2 Å². The van der Waals surface area contributed by atoms with Gasteiger partial charge in [0.05, 0.1) is 18.2 Å². The maximum atomic E-state index is 11.6. The standard InChI is InChI=1S/C12H14N4O/c1-16(8-12(17)15-10-2-3-10)11-6-9(7-13)4-5-14-11/h4-6,10H,2-3,8H2,1H3,(H,15,17). The lowest BCUT2D eigenvalue weighted by atomic mass is 10.3. The van der Waals surface area contributed by atoms with Gasteiger partial charge < -0.3 is 10.2 Å². The number of aromatic nitrogens is 1. The number of hydrogen-bond donors (Lipinski definition) is 1. The first-order valence-electron chi connectivity index (χ1n) is 5.55. The average molecular weight is 230 g/mol. The van der Waals surface area contributed by atoms with Crippen LogP contribution in [0.2, 0.25) is 0 Å². The zero-order valence-electron chi connectivity index (χ0n) is 9.68. The van der Waals surface area contributed by atoms with Crippen LogP contribution in [0.3, 0.4) is 0 Å². The third-order valence-corrected chi connectivity index (χ3v) is 2.59. The molecule has 5 nitrogen and oxygen atoms in total. The summed E-state index contributed by atoms with van der Waals surface area (Å²) in [5, 5.41) is 11.7. The predicted molar refractivity (Wildman–Crippen MR) is 63.4 cm³/mol. The van der Waals surface area contributed by atoms with Gasteiger partial charge in [0.1, 0.15) is 5.82 Å². The summed E-state index contributed by atoms with van der Waals surface area (Å²) in [5.74, 6) is 0.633. The van der Waals surface area contributed by atoms with Crippen LogP contribution in [0.5, 0.6) is 0 Å². The minimum absolute atomic E-state index is 0.000777. The van der Waals surface area contributed by atoms with Gasteiger partial charge in [-0.25, -0.2) is 4.98 Å². The lowest BCUT2D eigenvalue weighted by Gasteiger charge is -2.17. The lowest BCUT2D eigenvalue weighted by molar-refractivity contribution is -0.119. The highest BCUT2D eigenvalue weighted by Crippen LogP contribution is 2.18. The molecule has 0 aromatic carbocycles. The van der Waals surface area contributed by atoms with Crippen LogP contribution in [-0.4, -0.2) is 30.5 Å². The second kappa shape index (κ2) is 4.83. The molecule has 0 saturated heterocycles. The van der Waals surface area contributed by atoms with E-state index in [0.717, 1.165) is 12.8 Å². The number of nitriles is 1. The van der Waals surface area contributed by atoms with Crippen LogP contribution in [0, 0.1) is 11.3 Å². The fourth-order valence-corrected chi connectivity index (χ4v) is 1.49. The van der Waals surface area contributed by atoms with Gasteiger partial charge in [-0.15, -0.1) is 0 Å². The van der Waals surface area contributed by atoms with Gasteiger partial charge in [-0.05, 0) is 25.0 Å². The molecule has 88 valence electrons. The Morgan fingerprint density at radius 2 is 2.47 bits per heavy atom. The van der Waals surface area contributed by atoms with Gasteiger partial charge in [-0.2, -0.15) is 5.26 Å². The van der Waals surface area contributed by atoms with Crippen molar-refractivity contribution in [1.82, 2.24) is 10.3 Å². The summed E-state index contributed by atoms with van der Waals surface area (Å²) in [4.78, 5) is 17.5. The van der Waals surface area contributed by atoms with E-state index >= 15 is 0 Å². The van der Waals surface area contributed by atoms with Crippen LogP contribution in [0.25, 0.3) is 0 Å². The Labute approximate surface area is 100 Å². The maximum Gasteiger partial charge on any atom is 0.239 e. The number of carbonyl (C=O) groups excluding carboxylic acids is 1. The summed E-state index contributed by atoms with van der Waals surface area (Å²) in [5.41, 5.74) is 0.546. The van der Waals surface area contributed by atoms with Crippen LogP contribution in [0.4, 0.5) is 5.82 Å². The third-order valence-electron chi connectivity index (χ3n) is 2.59. The molecule has 1 heterocycles. The Morgan fingerprint density at radius 1 is 1.71 bits per heavy atom. The first-order valence-corrected chi connectivity index (χ1v) is 5.55. The van der Waals surface area contributed by atoms with Crippen LogP contribution in [-0.2, 0) is 4.79 Å². The fraction of sp³-hybridized carbons (Fsp3) is 0.417. The maximum absolute atomic E-state index is 11.6. The van der Waals surface area contributed by atoms with Gasteiger partial charge >= 0.3 is 0 Å². The van der Waals surface area contributed by atoms with E-state index in [1.807, 2.05) is 0 Å². The van der Waals surface area contributed by atoms with E-state index in [1.54, 1.807) is 30.3 Å². The van der Waals surface area contributed by atoms with E-state index in [4.69, 9.17) is 5.26 Å². The van der Waals surface area contributed by atoms with Crippen molar-refractivity contribution in [2.45, 2.75) is 18.9 Å². The number of nitrogens with one attached hydrogen (secondary N) is 1. The molecule has 0 aliphatic heterocycles. The number of anilines is 1. The van der Waals surface area contributed by atoms with Crippen molar-refractivity contribution >= 4 is 11.7 Å². The van der Waals surface area contributed by atoms with E-state index in [1.165, 1.54) is 0 Å². The molecule has 1 saturated carbocycles. The van der Waals surface area contributed by atoms with E-state index in [9.17, 15) is 4.79 Å². The molecule has 17 heavy (non-hydrogen) atoms. The van der Waals surface area contributed by atoms with E-state index < -0.39 is 0 Å². The highest BCUT2D eigenvalue weighted by molar-refractivity contribution is 5.81. The Bertz CT molecular complexity index is 462. The molecule has 5 heteroatoms. The molecular weight excluding hydrogens is 216 g/mol. The largest absolute Gasteiger partial charge is 0.352 e. The molecule has 1 N–H and O–H groups in total. The minimum atomic E-state index is -0.000777. The number of nitrogens with zero attached hydrogens (tertiary/aromatic N) is 3. The number of carbonyl (C=O) groups is 1. The summed E-state index contributed by atoms with van der Waals surface area (Å²) in [6.45, 7) is 0.262. The fourth-order valence-electron chi connectivity index (χ4n) is 1.49. The molecule has 1 amide bonds. The van der Waals surface area contributed by atoms with Gasteiger partial charge in [0.15, 0.2) is 0 Å². The number of hydrogen-bond acceptors (Lipinski definition) is 4. The summed E-state index contributed by atoms with van der Waals surface area (Å²) < 4.78 is 0. The normalized spacial score (nSPS) is 13.9. The number of likely N-dealkylation sites (N-methyl/N-ethyl adjacent to an activating group) is 1. The molecule has 1 aliphatic rings. The highest BCUT2D eigenvalue weighted by Gasteiger charge is 2.23. The molecular formula is C12H14N4O. The van der Waals surface area contributed by atoms with Crippen molar-refractivity contribution < 1.29 is 4.79 Å². The second-order valence-electron chi connectivity index (χ2n) is 4.21. The number of amides is 1. The van der Waals surface area contributed by atoms with Gasteiger partial charge in [0, 0.05) is 19.3 Å². The van der Waals surface area contributed by atoms with Crippen molar-refractivity contribution in [3.8, 4) is 6.07 Å². The van der Waals surface area contributed by atoms with Crippen molar-refractivity contribution in [3.63, 3.8) is 0 Å². The van der Waals surface area contributed by atoms with E-state index in [2.05, 4.69) is 16.4 Å². The molecule has 1 fully saturated rings. The third kappa shape index (κ3) is 3.18. The summed E-state index contributed by atoms with van der Waals surface area (Å²) >= 11 is 0. The topological polar surface area (TPSA) is 69.0 Å². The number of rotatable bonds is 4. The summed E-state index contributed by atoms with van der Waals surface area (Å²) in [6, 6.07) is 5.73. The number of pyridine rings is 1. The highest BCUT2D eigenvalue weighted by atomic mass is 16.2. The van der Waals surface area contributed by atoms with Gasteiger partial charge in [-0.3, -0.25) is 4.79 Å². The van der Waals surface area contributed by atoms with Crippen LogP contribution in [0.1, 0.15) is 18.4 Å². The van der Waals surface area contributed by atoms with Gasteiger partial charge in [-0.1, -0.05) is 0 Å². The Kier molecular flexibility index (Phi) is 3.24. The quantitative estimate of drug-likeness (QED) is 0.825. The zero-order valence-corrected chi connectivity index (χ0v) is 9.68. The Balaban J connectivity index is 1.95. The van der Waals surface area contributed by atoms with Gasteiger partial charge in [0.25, 0.3) is 0 Å². The summed E-state index contributed by atoms with van der Waals surface area (Å²) in [6.07, 6.45) is 3.73. The smallest absolute Gasteiger partial charge is 0.239 e. The molecule has 0 bridgehead atoms. The molecule has 0 radical (unpaired) electrons. The average Bonchev–Trinajstić information content (AvgIpc) is 3.12. The molecule has 1 aliphatic carbocycles. The molecule has 2 rings (SSSR count). The van der Waals surface area contributed by atoms with Crippen LogP contribution >= 0.6 is 0 Å². The Hall–Kier alpha value is -2.09. The Morgan fingerprint density at radius 3 is 3.12 bits per heavy atom. The zero-order chi connectivity index (χ0) is 12.3. The first kappa shape index (κ1) is 11.4. The molecule has 0 spiro atoms. The minimum Gasteiger partial charge on any atom is -0.352 e. The van der Waals surface area contributed by atoms with Crippen molar-refractivity contribution in [3.05, 3.63) is 23.9 Å². The predicted octanol–water partition coefficient (Wildman–Crippen LogP) is 0.668. The first-order chi connectivity index (χ1) is 8.19. The van der Waals surface area contributed by atoms with Crippen molar-refractivity contribution in [1.29, 1.82) is 5.26 Å². The monoisotopic (exact) mass is 230 g/mol. The van der Waals surface area contributed by atoms with Crippen LogP contribution in [0.15, 0.2) is 18.3 Å². The van der Waals surface area contributed by atoms with E-state index in [0.29, 0.717) is 17.4 Å². The molecule has 1 aromatic heterocycles. The van der Waals surface area contributed by atoms with Crippen molar-refractivity contribution in [2.24, 2.45) is 0 Å².